The molecule has 1 fully saturated rings. The van der Waals surface area contributed by atoms with Gasteiger partial charge in [-0.1, -0.05) is 120 Å². The molecule has 0 unspecified atom stereocenters. The molecule has 0 saturated heterocycles. The van der Waals surface area contributed by atoms with Crippen molar-refractivity contribution >= 4 is 34.4 Å². The van der Waals surface area contributed by atoms with E-state index in [-0.39, 0.29) is 22.1 Å². The predicted octanol–water partition coefficient (Wildman–Crippen LogP) is 9.31. The van der Waals surface area contributed by atoms with Gasteiger partial charge in [-0.3, -0.25) is 0 Å². The van der Waals surface area contributed by atoms with Crippen molar-refractivity contribution in [2.75, 3.05) is 12.8 Å². The fourth-order valence-electron chi connectivity index (χ4n) is 4.63. The van der Waals surface area contributed by atoms with Gasteiger partial charge in [0.05, 0.1) is 6.10 Å². The van der Waals surface area contributed by atoms with E-state index in [0.717, 1.165) is 29.0 Å². The minimum absolute atomic E-state index is 0.0401. The molecule has 0 N–H and O–H groups in total. The fourth-order valence-corrected chi connectivity index (χ4v) is 9.52. The standard InChI is InChI=1S/C34H53O3PSi2/c1-27-29(26-36-39(8,9)33(2,3)4)24-28(25-32(27)37-40(10,11)34(5,6)7)22-23-38(35,30-18-14-12-15-19-30)31-20-16-13-17-21-31/h12-22,29,32H,1,23-26H2,2-11H3/b28-22+/t29-,32+/m0/s1. The summed E-state index contributed by atoms with van der Waals surface area (Å²) in [6.45, 7) is 28.2. The predicted molar refractivity (Wildman–Crippen MR) is 180 cm³/mol. The Kier molecular flexibility index (Phi) is 10.2. The average Bonchev–Trinajstić information content (AvgIpc) is 2.87. The molecule has 2 aromatic carbocycles. The molecule has 1 aliphatic carbocycles. The molecule has 1 aliphatic rings. The highest BCUT2D eigenvalue weighted by molar-refractivity contribution is 7.78. The van der Waals surface area contributed by atoms with Crippen molar-refractivity contribution < 1.29 is 13.4 Å². The van der Waals surface area contributed by atoms with Crippen LogP contribution in [-0.4, -0.2) is 35.5 Å². The van der Waals surface area contributed by atoms with Crippen LogP contribution in [-0.2, 0) is 13.4 Å². The first kappa shape index (κ1) is 33.0. The smallest absolute Gasteiger partial charge is 0.192 e. The maximum absolute atomic E-state index is 14.7. The van der Waals surface area contributed by atoms with Crippen molar-refractivity contribution in [2.45, 2.75) is 96.8 Å². The molecule has 0 aromatic heterocycles. The molecule has 0 aliphatic heterocycles. The van der Waals surface area contributed by atoms with E-state index >= 15 is 0 Å². The van der Waals surface area contributed by atoms with Gasteiger partial charge in [0, 0.05) is 29.3 Å². The Labute approximate surface area is 247 Å². The molecule has 6 heteroatoms. The number of hydrogen-bond acceptors (Lipinski definition) is 3. The van der Waals surface area contributed by atoms with Crippen LogP contribution in [0.1, 0.15) is 54.4 Å². The third-order valence-corrected chi connectivity index (χ3v) is 21.5. The summed E-state index contributed by atoms with van der Waals surface area (Å²) in [4.78, 5) is 0. The zero-order valence-corrected chi connectivity index (χ0v) is 29.6. The number of hydrogen-bond donors (Lipinski definition) is 0. The van der Waals surface area contributed by atoms with Crippen molar-refractivity contribution in [3.63, 3.8) is 0 Å². The van der Waals surface area contributed by atoms with E-state index < -0.39 is 23.8 Å². The summed E-state index contributed by atoms with van der Waals surface area (Å²) in [7, 11) is -6.77. The van der Waals surface area contributed by atoms with E-state index in [1.165, 1.54) is 5.57 Å². The van der Waals surface area contributed by atoms with Gasteiger partial charge in [0.1, 0.15) is 7.14 Å². The molecule has 0 amide bonds. The minimum Gasteiger partial charge on any atom is -0.416 e. The number of benzene rings is 2. The van der Waals surface area contributed by atoms with Gasteiger partial charge in [0.2, 0.25) is 0 Å². The minimum atomic E-state index is -2.83. The Balaban J connectivity index is 1.96. The zero-order chi connectivity index (χ0) is 30.0. The first-order chi connectivity index (χ1) is 18.4. The highest BCUT2D eigenvalue weighted by Crippen LogP contribution is 2.46. The molecule has 2 atom stereocenters. The summed E-state index contributed by atoms with van der Waals surface area (Å²) in [5.74, 6) is 0.191. The monoisotopic (exact) mass is 596 g/mol. The SMILES string of the molecule is C=C1[C@H](CO[Si](C)(C)C(C)(C)C)C/C(=C\CP(=O)(c2ccccc2)c2ccccc2)C[C@H]1O[Si](C)(C)C(C)(C)C. The lowest BCUT2D eigenvalue weighted by atomic mass is 9.80. The first-order valence-electron chi connectivity index (χ1n) is 14.8. The zero-order valence-electron chi connectivity index (χ0n) is 26.7. The number of allylic oxidation sites excluding steroid dienone is 1. The lowest BCUT2D eigenvalue weighted by Gasteiger charge is -2.44. The van der Waals surface area contributed by atoms with Crippen LogP contribution < -0.4 is 10.6 Å². The Morgan fingerprint density at radius 3 is 1.75 bits per heavy atom. The third kappa shape index (κ3) is 7.66. The molecule has 1 saturated carbocycles. The average molecular weight is 597 g/mol. The normalized spacial score (nSPS) is 20.6. The van der Waals surface area contributed by atoms with E-state index in [4.69, 9.17) is 8.85 Å². The van der Waals surface area contributed by atoms with Crippen LogP contribution in [0.3, 0.4) is 0 Å². The van der Waals surface area contributed by atoms with Crippen molar-refractivity contribution in [3.8, 4) is 0 Å². The van der Waals surface area contributed by atoms with Crippen molar-refractivity contribution in [2.24, 2.45) is 5.92 Å². The molecule has 0 heterocycles. The van der Waals surface area contributed by atoms with Gasteiger partial charge >= 0.3 is 0 Å². The van der Waals surface area contributed by atoms with Gasteiger partial charge in [0.15, 0.2) is 16.6 Å². The van der Waals surface area contributed by atoms with Crippen molar-refractivity contribution in [1.29, 1.82) is 0 Å². The Hall–Kier alpha value is -1.50. The highest BCUT2D eigenvalue weighted by Gasteiger charge is 2.43. The largest absolute Gasteiger partial charge is 0.416 e. The molecule has 0 spiro atoms. The maximum atomic E-state index is 14.7. The molecule has 3 rings (SSSR count). The van der Waals surface area contributed by atoms with Gasteiger partial charge in [-0.15, -0.1) is 0 Å². The van der Waals surface area contributed by atoms with E-state index in [9.17, 15) is 4.57 Å². The van der Waals surface area contributed by atoms with Crippen LogP contribution in [0, 0.1) is 5.92 Å². The summed E-state index contributed by atoms with van der Waals surface area (Å²) in [6.07, 6.45) is 4.42. The second-order valence-corrected chi connectivity index (χ2v) is 27.0. The summed E-state index contributed by atoms with van der Waals surface area (Å²) < 4.78 is 28.4. The van der Waals surface area contributed by atoms with Crippen molar-refractivity contribution in [1.82, 2.24) is 0 Å². The van der Waals surface area contributed by atoms with Gasteiger partial charge in [-0.05, 0) is 54.7 Å². The van der Waals surface area contributed by atoms with Gasteiger partial charge < -0.3 is 13.4 Å². The second kappa shape index (κ2) is 12.4. The van der Waals surface area contributed by atoms with Gasteiger partial charge in [0.25, 0.3) is 0 Å². The molecular weight excluding hydrogens is 544 g/mol. The highest BCUT2D eigenvalue weighted by atomic mass is 31.2. The van der Waals surface area contributed by atoms with Crippen LogP contribution in [0.25, 0.3) is 0 Å². The second-order valence-electron chi connectivity index (χ2n) is 14.6. The van der Waals surface area contributed by atoms with E-state index in [1.54, 1.807) is 0 Å². The topological polar surface area (TPSA) is 35.5 Å². The summed E-state index contributed by atoms with van der Waals surface area (Å²) in [5.41, 5.74) is 2.47. The Morgan fingerprint density at radius 1 is 0.825 bits per heavy atom. The summed E-state index contributed by atoms with van der Waals surface area (Å²) in [6, 6.07) is 19.9. The Morgan fingerprint density at radius 2 is 1.30 bits per heavy atom. The molecule has 0 radical (unpaired) electrons. The fraction of sp³-hybridized carbons (Fsp3) is 0.529. The first-order valence-corrected chi connectivity index (χ1v) is 22.5. The van der Waals surface area contributed by atoms with Crippen LogP contribution >= 0.6 is 7.14 Å². The number of rotatable bonds is 9. The third-order valence-electron chi connectivity index (χ3n) is 9.57. The molecule has 40 heavy (non-hydrogen) atoms. The van der Waals surface area contributed by atoms with Crippen LogP contribution in [0.5, 0.6) is 0 Å². The van der Waals surface area contributed by atoms with Gasteiger partial charge in [-0.2, -0.15) is 0 Å². The molecule has 3 nitrogen and oxygen atoms in total. The molecular formula is C34H53O3PSi2. The van der Waals surface area contributed by atoms with Crippen molar-refractivity contribution in [3.05, 3.63) is 84.5 Å². The molecule has 2 aromatic rings. The molecule has 220 valence electrons. The van der Waals surface area contributed by atoms with E-state index in [0.29, 0.717) is 12.8 Å². The van der Waals surface area contributed by atoms with Crippen LogP contribution in [0.2, 0.25) is 36.3 Å². The quantitative estimate of drug-likeness (QED) is 0.164. The summed E-state index contributed by atoms with van der Waals surface area (Å²) >= 11 is 0. The maximum Gasteiger partial charge on any atom is 0.192 e. The van der Waals surface area contributed by atoms with Crippen LogP contribution in [0.15, 0.2) is 84.5 Å². The molecule has 0 bridgehead atoms. The lowest BCUT2D eigenvalue weighted by Crippen LogP contribution is -2.47. The van der Waals surface area contributed by atoms with E-state index in [1.807, 2.05) is 60.7 Å². The van der Waals surface area contributed by atoms with Crippen LogP contribution in [0.4, 0.5) is 0 Å². The van der Waals surface area contributed by atoms with Gasteiger partial charge in [-0.25, -0.2) is 0 Å². The van der Waals surface area contributed by atoms with E-state index in [2.05, 4.69) is 80.4 Å². The Bertz CT molecular complexity index is 1180. The lowest BCUT2D eigenvalue weighted by molar-refractivity contribution is 0.161. The summed E-state index contributed by atoms with van der Waals surface area (Å²) in [5, 5.41) is 2.07.